The summed E-state index contributed by atoms with van der Waals surface area (Å²) in [6.45, 7) is 2.83. The van der Waals surface area contributed by atoms with Crippen LogP contribution in [0.3, 0.4) is 0 Å². The third-order valence-electron chi connectivity index (χ3n) is 3.01. The third kappa shape index (κ3) is 1.96. The van der Waals surface area contributed by atoms with Crippen molar-refractivity contribution in [2.75, 3.05) is 0 Å². The first kappa shape index (κ1) is 10.4. The molecule has 0 unspecified atom stereocenters. The second-order valence-corrected chi connectivity index (χ2v) is 5.35. The van der Waals surface area contributed by atoms with Gasteiger partial charge in [-0.05, 0) is 35.6 Å². The summed E-state index contributed by atoms with van der Waals surface area (Å²) in [7, 11) is 1.16. The van der Waals surface area contributed by atoms with Crippen LogP contribution in [0.25, 0.3) is 5.57 Å². The Morgan fingerprint density at radius 1 is 1.27 bits per heavy atom. The lowest BCUT2D eigenvalue weighted by atomic mass is 10.0. The Balaban J connectivity index is 2.38. The number of hydrogen-bond acceptors (Lipinski definition) is 1. The number of rotatable bonds is 2. The largest absolute Gasteiger partial charge is 0.326 e. The minimum atomic E-state index is 0.627. The standard InChI is InChI=1S/C13H17NSi/c1-9-2-7-12(15)13(9)11-5-3-10(8-14)4-6-11/h2-6H,7-8,14H2,1,15H3. The molecule has 1 aromatic rings. The summed E-state index contributed by atoms with van der Waals surface area (Å²) >= 11 is 0. The Bertz CT molecular complexity index is 426. The van der Waals surface area contributed by atoms with Gasteiger partial charge < -0.3 is 5.73 Å². The first-order valence-corrected chi connectivity index (χ1v) is 6.38. The Kier molecular flexibility index (Phi) is 2.89. The zero-order valence-electron chi connectivity index (χ0n) is 9.38. The highest BCUT2D eigenvalue weighted by Gasteiger charge is 2.12. The van der Waals surface area contributed by atoms with Crippen LogP contribution in [0.15, 0.2) is 41.1 Å². The van der Waals surface area contributed by atoms with Gasteiger partial charge >= 0.3 is 0 Å². The van der Waals surface area contributed by atoms with Crippen LogP contribution in [-0.2, 0) is 6.54 Å². The Labute approximate surface area is 94.1 Å². The molecular formula is C13H17NSi. The molecule has 15 heavy (non-hydrogen) atoms. The van der Waals surface area contributed by atoms with E-state index in [9.17, 15) is 0 Å². The zero-order chi connectivity index (χ0) is 10.8. The molecule has 0 aromatic heterocycles. The first-order chi connectivity index (χ1) is 7.22. The summed E-state index contributed by atoms with van der Waals surface area (Å²) in [5.74, 6) is 0. The molecule has 0 radical (unpaired) electrons. The number of hydrogen-bond donors (Lipinski definition) is 1. The summed E-state index contributed by atoms with van der Waals surface area (Å²) in [5.41, 5.74) is 11.1. The second-order valence-electron chi connectivity index (χ2n) is 4.15. The number of benzene rings is 1. The third-order valence-corrected chi connectivity index (χ3v) is 3.92. The van der Waals surface area contributed by atoms with E-state index < -0.39 is 0 Å². The van der Waals surface area contributed by atoms with Crippen molar-refractivity contribution < 1.29 is 0 Å². The molecule has 1 aliphatic rings. The topological polar surface area (TPSA) is 26.0 Å². The minimum absolute atomic E-state index is 0.627. The summed E-state index contributed by atoms with van der Waals surface area (Å²) < 4.78 is 0. The van der Waals surface area contributed by atoms with E-state index in [4.69, 9.17) is 5.73 Å². The molecule has 1 aliphatic carbocycles. The van der Waals surface area contributed by atoms with Gasteiger partial charge in [-0.3, -0.25) is 0 Å². The van der Waals surface area contributed by atoms with Crippen molar-refractivity contribution in [1.82, 2.24) is 0 Å². The number of nitrogens with two attached hydrogens (primary N) is 1. The normalized spacial score (nSPS) is 16.0. The molecule has 0 heterocycles. The molecule has 0 amide bonds. The predicted octanol–water partition coefficient (Wildman–Crippen LogP) is 1.57. The van der Waals surface area contributed by atoms with Crippen LogP contribution >= 0.6 is 0 Å². The van der Waals surface area contributed by atoms with Gasteiger partial charge in [-0.25, -0.2) is 0 Å². The van der Waals surface area contributed by atoms with Crippen molar-refractivity contribution in [3.8, 4) is 0 Å². The lowest BCUT2D eigenvalue weighted by Crippen LogP contribution is -1.96. The van der Waals surface area contributed by atoms with E-state index in [1.165, 1.54) is 22.3 Å². The molecule has 0 aliphatic heterocycles. The van der Waals surface area contributed by atoms with E-state index in [2.05, 4.69) is 37.3 Å². The lowest BCUT2D eigenvalue weighted by molar-refractivity contribution is 1.07. The van der Waals surface area contributed by atoms with Crippen molar-refractivity contribution in [3.05, 3.63) is 52.2 Å². The maximum absolute atomic E-state index is 5.59. The van der Waals surface area contributed by atoms with Gasteiger partial charge in [-0.1, -0.05) is 35.5 Å². The molecule has 1 aromatic carbocycles. The quantitative estimate of drug-likeness (QED) is 0.745. The van der Waals surface area contributed by atoms with Crippen LogP contribution in [-0.4, -0.2) is 10.2 Å². The molecule has 2 N–H and O–H groups in total. The highest BCUT2D eigenvalue weighted by Crippen LogP contribution is 2.32. The van der Waals surface area contributed by atoms with Gasteiger partial charge in [0.1, 0.15) is 0 Å². The van der Waals surface area contributed by atoms with Gasteiger partial charge in [0.05, 0.1) is 0 Å². The Hall–Kier alpha value is -1.12. The van der Waals surface area contributed by atoms with E-state index in [0.29, 0.717) is 6.54 Å². The maximum Gasteiger partial charge on any atom is 0.0345 e. The van der Waals surface area contributed by atoms with Gasteiger partial charge in [0.2, 0.25) is 0 Å². The fourth-order valence-electron chi connectivity index (χ4n) is 2.13. The smallest absolute Gasteiger partial charge is 0.0345 e. The van der Waals surface area contributed by atoms with E-state index in [1.807, 2.05) is 0 Å². The van der Waals surface area contributed by atoms with Crippen molar-refractivity contribution in [3.63, 3.8) is 0 Å². The first-order valence-electron chi connectivity index (χ1n) is 5.38. The Morgan fingerprint density at radius 2 is 1.93 bits per heavy atom. The van der Waals surface area contributed by atoms with Crippen LogP contribution in [0.2, 0.25) is 0 Å². The van der Waals surface area contributed by atoms with Crippen LogP contribution in [0.4, 0.5) is 0 Å². The maximum atomic E-state index is 5.59. The highest BCUT2D eigenvalue weighted by molar-refractivity contribution is 6.27. The zero-order valence-corrected chi connectivity index (χ0v) is 11.4. The molecular weight excluding hydrogens is 198 g/mol. The molecule has 78 valence electrons. The second kappa shape index (κ2) is 4.17. The average Bonchev–Trinajstić information content (AvgIpc) is 2.59. The summed E-state index contributed by atoms with van der Waals surface area (Å²) in [4.78, 5) is 0. The van der Waals surface area contributed by atoms with Gasteiger partial charge in [-0.2, -0.15) is 0 Å². The predicted molar refractivity (Wildman–Crippen MR) is 69.6 cm³/mol. The Morgan fingerprint density at radius 3 is 2.40 bits per heavy atom. The van der Waals surface area contributed by atoms with E-state index >= 15 is 0 Å². The summed E-state index contributed by atoms with van der Waals surface area (Å²) in [5, 5.41) is 1.60. The van der Waals surface area contributed by atoms with Gasteiger partial charge in [-0.15, -0.1) is 0 Å². The van der Waals surface area contributed by atoms with Gasteiger partial charge in [0.15, 0.2) is 0 Å². The van der Waals surface area contributed by atoms with Crippen LogP contribution < -0.4 is 5.73 Å². The molecule has 1 nitrogen and oxygen atoms in total. The molecule has 0 fully saturated rings. The van der Waals surface area contributed by atoms with Crippen molar-refractivity contribution >= 4 is 15.8 Å². The SMILES string of the molecule is CC1=CCC([SiH3])=C1c1ccc(CN)cc1. The van der Waals surface area contributed by atoms with E-state index in [1.54, 1.807) is 5.20 Å². The minimum Gasteiger partial charge on any atom is -0.326 e. The highest BCUT2D eigenvalue weighted by atomic mass is 28.1. The monoisotopic (exact) mass is 215 g/mol. The molecule has 0 saturated carbocycles. The molecule has 0 bridgehead atoms. The molecule has 0 atom stereocenters. The average molecular weight is 215 g/mol. The van der Waals surface area contributed by atoms with Gasteiger partial charge in [0.25, 0.3) is 0 Å². The summed E-state index contributed by atoms with van der Waals surface area (Å²) in [6.07, 6.45) is 3.49. The van der Waals surface area contributed by atoms with Crippen LogP contribution in [0, 0.1) is 0 Å². The lowest BCUT2D eigenvalue weighted by Gasteiger charge is -2.08. The van der Waals surface area contributed by atoms with Crippen molar-refractivity contribution in [1.29, 1.82) is 0 Å². The van der Waals surface area contributed by atoms with Crippen LogP contribution in [0.5, 0.6) is 0 Å². The van der Waals surface area contributed by atoms with Crippen molar-refractivity contribution in [2.45, 2.75) is 19.9 Å². The molecule has 0 spiro atoms. The van der Waals surface area contributed by atoms with E-state index in [0.717, 1.165) is 16.7 Å². The van der Waals surface area contributed by atoms with Crippen molar-refractivity contribution in [2.24, 2.45) is 5.73 Å². The molecule has 2 rings (SSSR count). The summed E-state index contributed by atoms with van der Waals surface area (Å²) in [6, 6.07) is 8.64. The number of allylic oxidation sites excluding steroid dienone is 4. The van der Waals surface area contributed by atoms with Crippen LogP contribution in [0.1, 0.15) is 24.5 Å². The fraction of sp³-hybridized carbons (Fsp3) is 0.231. The van der Waals surface area contributed by atoms with Gasteiger partial charge in [0, 0.05) is 16.8 Å². The molecule has 0 saturated heterocycles. The molecule has 2 heteroatoms. The van der Waals surface area contributed by atoms with E-state index in [-0.39, 0.29) is 0 Å². The fourth-order valence-corrected chi connectivity index (χ4v) is 3.02.